The van der Waals surface area contributed by atoms with Crippen molar-refractivity contribution in [2.75, 3.05) is 0 Å². The molecule has 0 spiro atoms. The number of hydrogen-bond donors (Lipinski definition) is 0. The zero-order chi connectivity index (χ0) is 10.6. The van der Waals surface area contributed by atoms with Crippen LogP contribution in [0.2, 0.25) is 0 Å². The zero-order valence-electron chi connectivity index (χ0n) is 9.38. The third-order valence-electron chi connectivity index (χ3n) is 1.36. The fourth-order valence-corrected chi connectivity index (χ4v) is 0.993. The molecular formula is C10H20O3. The maximum absolute atomic E-state index is 11.5. The van der Waals surface area contributed by atoms with Crippen molar-refractivity contribution in [3.63, 3.8) is 0 Å². The van der Waals surface area contributed by atoms with Crippen LogP contribution < -0.4 is 0 Å². The van der Waals surface area contributed by atoms with Crippen molar-refractivity contribution in [3.05, 3.63) is 0 Å². The normalized spacial score (nSPS) is 12.3. The minimum atomic E-state index is -0.849. The zero-order valence-corrected chi connectivity index (χ0v) is 9.38. The molecule has 0 N–H and O–H groups in total. The van der Waals surface area contributed by atoms with Crippen molar-refractivity contribution >= 4 is 5.97 Å². The summed E-state index contributed by atoms with van der Waals surface area (Å²) in [5.41, 5.74) is -0.849. The molecular weight excluding hydrogens is 168 g/mol. The summed E-state index contributed by atoms with van der Waals surface area (Å²) in [6, 6.07) is 0. The van der Waals surface area contributed by atoms with Gasteiger partial charge in [-0.15, -0.1) is 0 Å². The molecule has 0 aliphatic rings. The maximum Gasteiger partial charge on any atom is 0.338 e. The topological polar surface area (TPSA) is 35.5 Å². The van der Waals surface area contributed by atoms with Gasteiger partial charge in [0.05, 0.1) is 12.2 Å². The standard InChI is InChI=1S/C10H20O3/c1-7(2)12-9(11)10(5,6)13-8(3)4/h7-8H,1-6H3. The molecule has 0 aromatic heterocycles. The quantitative estimate of drug-likeness (QED) is 0.634. The Bertz CT molecular complexity index is 171. The molecule has 0 unspecified atom stereocenters. The van der Waals surface area contributed by atoms with E-state index >= 15 is 0 Å². The number of carbonyl (C=O) groups excluding carboxylic acids is 1. The second kappa shape index (κ2) is 4.61. The predicted molar refractivity (Wildman–Crippen MR) is 51.5 cm³/mol. The molecule has 0 saturated heterocycles. The van der Waals surface area contributed by atoms with E-state index in [1.165, 1.54) is 0 Å². The van der Waals surface area contributed by atoms with Gasteiger partial charge in [-0.1, -0.05) is 0 Å². The molecule has 0 bridgehead atoms. The lowest BCUT2D eigenvalue weighted by Gasteiger charge is -2.26. The van der Waals surface area contributed by atoms with E-state index in [9.17, 15) is 4.79 Å². The van der Waals surface area contributed by atoms with Gasteiger partial charge < -0.3 is 9.47 Å². The van der Waals surface area contributed by atoms with Crippen LogP contribution in [0.3, 0.4) is 0 Å². The minimum Gasteiger partial charge on any atom is -0.461 e. The first kappa shape index (κ1) is 12.4. The highest BCUT2D eigenvalue weighted by Gasteiger charge is 2.31. The monoisotopic (exact) mass is 188 g/mol. The molecule has 13 heavy (non-hydrogen) atoms. The Morgan fingerprint density at radius 1 is 1.08 bits per heavy atom. The van der Waals surface area contributed by atoms with Crippen molar-refractivity contribution in [3.8, 4) is 0 Å². The van der Waals surface area contributed by atoms with Gasteiger partial charge in [0.1, 0.15) is 0 Å². The largest absolute Gasteiger partial charge is 0.461 e. The summed E-state index contributed by atoms with van der Waals surface area (Å²) >= 11 is 0. The molecule has 0 aromatic carbocycles. The average molecular weight is 188 g/mol. The Morgan fingerprint density at radius 3 is 1.85 bits per heavy atom. The molecule has 78 valence electrons. The van der Waals surface area contributed by atoms with Crippen molar-refractivity contribution < 1.29 is 14.3 Å². The molecule has 0 atom stereocenters. The average Bonchev–Trinajstić information content (AvgIpc) is 1.81. The van der Waals surface area contributed by atoms with Gasteiger partial charge >= 0.3 is 5.97 Å². The number of esters is 1. The molecule has 0 radical (unpaired) electrons. The van der Waals surface area contributed by atoms with E-state index in [2.05, 4.69) is 0 Å². The number of rotatable bonds is 4. The predicted octanol–water partition coefficient (Wildman–Crippen LogP) is 2.14. The summed E-state index contributed by atoms with van der Waals surface area (Å²) in [5, 5.41) is 0. The molecule has 3 heteroatoms. The first-order valence-electron chi connectivity index (χ1n) is 4.64. The van der Waals surface area contributed by atoms with E-state index in [1.807, 2.05) is 27.7 Å². The van der Waals surface area contributed by atoms with Crippen LogP contribution in [-0.4, -0.2) is 23.8 Å². The Morgan fingerprint density at radius 2 is 1.54 bits per heavy atom. The summed E-state index contributed by atoms with van der Waals surface area (Å²) in [7, 11) is 0. The minimum absolute atomic E-state index is 0.0229. The van der Waals surface area contributed by atoms with E-state index in [-0.39, 0.29) is 18.2 Å². The van der Waals surface area contributed by atoms with Crippen LogP contribution in [0.15, 0.2) is 0 Å². The number of carbonyl (C=O) groups is 1. The fourth-order valence-electron chi connectivity index (χ4n) is 0.993. The first-order chi connectivity index (χ1) is 5.75. The van der Waals surface area contributed by atoms with Crippen LogP contribution in [-0.2, 0) is 14.3 Å². The van der Waals surface area contributed by atoms with E-state index in [4.69, 9.17) is 9.47 Å². The molecule has 0 aliphatic carbocycles. The van der Waals surface area contributed by atoms with Gasteiger partial charge in [0.15, 0.2) is 5.60 Å². The molecule has 0 amide bonds. The van der Waals surface area contributed by atoms with E-state index in [0.717, 1.165) is 0 Å². The Balaban J connectivity index is 4.19. The van der Waals surface area contributed by atoms with Gasteiger partial charge in [0, 0.05) is 0 Å². The lowest BCUT2D eigenvalue weighted by molar-refractivity contribution is -0.176. The van der Waals surface area contributed by atoms with Crippen molar-refractivity contribution in [2.45, 2.75) is 59.4 Å². The molecule has 0 heterocycles. The van der Waals surface area contributed by atoms with Crippen LogP contribution in [0.4, 0.5) is 0 Å². The highest BCUT2D eigenvalue weighted by atomic mass is 16.6. The highest BCUT2D eigenvalue weighted by Crippen LogP contribution is 2.15. The lowest BCUT2D eigenvalue weighted by Crippen LogP contribution is -2.39. The van der Waals surface area contributed by atoms with Gasteiger partial charge in [0.25, 0.3) is 0 Å². The number of ether oxygens (including phenoxy) is 2. The van der Waals surface area contributed by atoms with Crippen molar-refractivity contribution in [1.29, 1.82) is 0 Å². The molecule has 0 rings (SSSR count). The first-order valence-corrected chi connectivity index (χ1v) is 4.64. The molecule has 0 aliphatic heterocycles. The Hall–Kier alpha value is -0.570. The maximum atomic E-state index is 11.5. The van der Waals surface area contributed by atoms with Gasteiger partial charge in [-0.3, -0.25) is 0 Å². The summed E-state index contributed by atoms with van der Waals surface area (Å²) in [5.74, 6) is -0.309. The third kappa shape index (κ3) is 4.88. The smallest absolute Gasteiger partial charge is 0.338 e. The molecule has 0 aromatic rings. The van der Waals surface area contributed by atoms with E-state index < -0.39 is 5.60 Å². The molecule has 0 saturated carbocycles. The van der Waals surface area contributed by atoms with Gasteiger partial charge in [0.2, 0.25) is 0 Å². The van der Waals surface area contributed by atoms with E-state index in [0.29, 0.717) is 0 Å². The Kier molecular flexibility index (Phi) is 4.40. The molecule has 3 nitrogen and oxygen atoms in total. The van der Waals surface area contributed by atoms with Crippen LogP contribution >= 0.6 is 0 Å². The fraction of sp³-hybridized carbons (Fsp3) is 0.900. The van der Waals surface area contributed by atoms with Crippen molar-refractivity contribution in [1.82, 2.24) is 0 Å². The molecule has 0 fully saturated rings. The second-order valence-corrected chi connectivity index (χ2v) is 4.13. The van der Waals surface area contributed by atoms with Crippen LogP contribution in [0.25, 0.3) is 0 Å². The van der Waals surface area contributed by atoms with Crippen LogP contribution in [0.5, 0.6) is 0 Å². The summed E-state index contributed by atoms with van der Waals surface area (Å²) in [6.45, 7) is 10.9. The Labute approximate surface area is 80.4 Å². The van der Waals surface area contributed by atoms with Gasteiger partial charge in [-0.05, 0) is 41.5 Å². The van der Waals surface area contributed by atoms with Crippen LogP contribution in [0.1, 0.15) is 41.5 Å². The summed E-state index contributed by atoms with van der Waals surface area (Å²) in [6.07, 6.45) is -0.0720. The second-order valence-electron chi connectivity index (χ2n) is 4.13. The summed E-state index contributed by atoms with van der Waals surface area (Å²) < 4.78 is 10.5. The SMILES string of the molecule is CC(C)OC(=O)C(C)(C)OC(C)C. The lowest BCUT2D eigenvalue weighted by atomic mass is 10.1. The van der Waals surface area contributed by atoms with Gasteiger partial charge in [-0.25, -0.2) is 4.79 Å². The van der Waals surface area contributed by atoms with E-state index in [1.54, 1.807) is 13.8 Å². The van der Waals surface area contributed by atoms with Crippen LogP contribution in [0, 0.1) is 0 Å². The van der Waals surface area contributed by atoms with Crippen molar-refractivity contribution in [2.24, 2.45) is 0 Å². The highest BCUT2D eigenvalue weighted by molar-refractivity contribution is 5.78. The van der Waals surface area contributed by atoms with Gasteiger partial charge in [-0.2, -0.15) is 0 Å². The number of hydrogen-bond acceptors (Lipinski definition) is 3. The third-order valence-corrected chi connectivity index (χ3v) is 1.36. The summed E-state index contributed by atoms with van der Waals surface area (Å²) in [4.78, 5) is 11.5.